The molecule has 0 aliphatic carbocycles. The normalized spacial score (nSPS) is 16.6. The summed E-state index contributed by atoms with van der Waals surface area (Å²) >= 11 is 0. The lowest BCUT2D eigenvalue weighted by molar-refractivity contribution is 0.206. The van der Waals surface area contributed by atoms with Gasteiger partial charge >= 0.3 is 6.03 Å². The van der Waals surface area contributed by atoms with Gasteiger partial charge in [0.1, 0.15) is 17.3 Å². The average Bonchev–Trinajstić information content (AvgIpc) is 3.26. The molecular weight excluding hydrogens is 334 g/mol. The zero-order chi connectivity index (χ0) is 18.7. The SMILES string of the molecule is CCc1onc(C)c1C1CCCN1C(=O)Nc1cc(OC)cc(OC)c1. The van der Waals surface area contributed by atoms with E-state index in [-0.39, 0.29) is 12.1 Å². The van der Waals surface area contributed by atoms with Gasteiger partial charge in [0.15, 0.2) is 0 Å². The number of ether oxygens (including phenoxy) is 2. The molecule has 7 nitrogen and oxygen atoms in total. The molecule has 1 unspecified atom stereocenters. The van der Waals surface area contributed by atoms with E-state index >= 15 is 0 Å². The van der Waals surface area contributed by atoms with Crippen LogP contribution in [-0.4, -0.2) is 36.9 Å². The maximum absolute atomic E-state index is 12.9. The molecule has 1 aliphatic heterocycles. The van der Waals surface area contributed by atoms with Crippen molar-refractivity contribution in [2.24, 2.45) is 0 Å². The van der Waals surface area contributed by atoms with Crippen molar-refractivity contribution in [3.63, 3.8) is 0 Å². The third-order valence-corrected chi connectivity index (χ3v) is 4.75. The highest BCUT2D eigenvalue weighted by molar-refractivity contribution is 5.90. The number of amides is 2. The number of urea groups is 1. The monoisotopic (exact) mass is 359 g/mol. The Balaban J connectivity index is 1.82. The van der Waals surface area contributed by atoms with E-state index in [9.17, 15) is 4.79 Å². The van der Waals surface area contributed by atoms with Gasteiger partial charge in [0.05, 0.1) is 26.0 Å². The number of carbonyl (C=O) groups excluding carboxylic acids is 1. The average molecular weight is 359 g/mol. The van der Waals surface area contributed by atoms with Gasteiger partial charge in [-0.3, -0.25) is 0 Å². The van der Waals surface area contributed by atoms with Crippen LogP contribution in [0, 0.1) is 6.92 Å². The summed E-state index contributed by atoms with van der Waals surface area (Å²) < 4.78 is 16.0. The fourth-order valence-corrected chi connectivity index (χ4v) is 3.49. The fourth-order valence-electron chi connectivity index (χ4n) is 3.49. The van der Waals surface area contributed by atoms with E-state index in [1.54, 1.807) is 32.4 Å². The molecule has 2 aromatic rings. The molecule has 1 saturated heterocycles. The van der Waals surface area contributed by atoms with Crippen molar-refractivity contribution in [1.29, 1.82) is 0 Å². The van der Waals surface area contributed by atoms with E-state index in [1.807, 2.05) is 18.7 Å². The number of likely N-dealkylation sites (tertiary alicyclic amines) is 1. The van der Waals surface area contributed by atoms with Gasteiger partial charge in [0.2, 0.25) is 0 Å². The second-order valence-corrected chi connectivity index (χ2v) is 6.34. The molecule has 1 aromatic carbocycles. The first kappa shape index (κ1) is 18.1. The number of nitrogens with one attached hydrogen (secondary N) is 1. The quantitative estimate of drug-likeness (QED) is 0.875. The maximum atomic E-state index is 12.9. The molecule has 0 bridgehead atoms. The largest absolute Gasteiger partial charge is 0.497 e. The van der Waals surface area contributed by atoms with Gasteiger partial charge in [-0.2, -0.15) is 0 Å². The van der Waals surface area contributed by atoms with E-state index in [0.717, 1.165) is 36.3 Å². The third-order valence-electron chi connectivity index (χ3n) is 4.75. The number of carbonyl (C=O) groups is 1. The predicted octanol–water partition coefficient (Wildman–Crippen LogP) is 3.93. The first-order valence-corrected chi connectivity index (χ1v) is 8.83. The Hall–Kier alpha value is -2.70. The van der Waals surface area contributed by atoms with Gasteiger partial charge in [-0.15, -0.1) is 0 Å². The minimum atomic E-state index is -0.148. The van der Waals surface area contributed by atoms with E-state index in [1.165, 1.54) is 0 Å². The predicted molar refractivity (Wildman–Crippen MR) is 97.9 cm³/mol. The molecule has 7 heteroatoms. The van der Waals surface area contributed by atoms with Crippen LogP contribution in [0.4, 0.5) is 10.5 Å². The van der Waals surface area contributed by atoms with E-state index < -0.39 is 0 Å². The number of rotatable bonds is 5. The zero-order valence-electron chi connectivity index (χ0n) is 15.7. The number of aromatic nitrogens is 1. The first-order valence-electron chi connectivity index (χ1n) is 8.83. The lowest BCUT2D eigenvalue weighted by Crippen LogP contribution is -2.34. The van der Waals surface area contributed by atoms with Crippen LogP contribution in [0.25, 0.3) is 0 Å². The van der Waals surface area contributed by atoms with Crippen molar-refractivity contribution < 1.29 is 18.8 Å². The summed E-state index contributed by atoms with van der Waals surface area (Å²) in [4.78, 5) is 14.8. The van der Waals surface area contributed by atoms with Gasteiger partial charge in [-0.25, -0.2) is 4.79 Å². The number of aryl methyl sites for hydroxylation is 2. The number of hydrogen-bond acceptors (Lipinski definition) is 5. The standard InChI is InChI=1S/C19H25N3O4/c1-5-17-18(12(2)21-26-17)16-7-6-8-22(16)19(23)20-13-9-14(24-3)11-15(10-13)25-4/h9-11,16H,5-8H2,1-4H3,(H,20,23). The molecule has 1 N–H and O–H groups in total. The van der Waals surface area contributed by atoms with Crippen LogP contribution in [0.1, 0.15) is 42.8 Å². The smallest absolute Gasteiger partial charge is 0.322 e. The van der Waals surface area contributed by atoms with Crippen molar-refractivity contribution in [3.8, 4) is 11.5 Å². The summed E-state index contributed by atoms with van der Waals surface area (Å²) in [5.41, 5.74) is 2.53. The minimum absolute atomic E-state index is 0.0105. The van der Waals surface area contributed by atoms with E-state index in [4.69, 9.17) is 14.0 Å². The number of nitrogens with zero attached hydrogens (tertiary/aromatic N) is 2. The van der Waals surface area contributed by atoms with Gasteiger partial charge in [-0.05, 0) is 19.8 Å². The second kappa shape index (κ2) is 7.68. The Morgan fingerprint density at radius 3 is 2.62 bits per heavy atom. The maximum Gasteiger partial charge on any atom is 0.322 e. The molecule has 2 amide bonds. The third kappa shape index (κ3) is 3.47. The van der Waals surface area contributed by atoms with Crippen molar-refractivity contribution in [2.45, 2.75) is 39.2 Å². The number of anilines is 1. The Morgan fingerprint density at radius 1 is 1.31 bits per heavy atom. The van der Waals surface area contributed by atoms with Crippen molar-refractivity contribution in [2.75, 3.05) is 26.1 Å². The molecule has 140 valence electrons. The molecule has 3 rings (SSSR count). The summed E-state index contributed by atoms with van der Waals surface area (Å²) in [7, 11) is 3.16. The van der Waals surface area contributed by atoms with Crippen LogP contribution in [0.2, 0.25) is 0 Å². The molecule has 1 atom stereocenters. The van der Waals surface area contributed by atoms with Crippen LogP contribution in [0.15, 0.2) is 22.7 Å². The van der Waals surface area contributed by atoms with Crippen molar-refractivity contribution in [3.05, 3.63) is 35.2 Å². The Labute approximate surface area is 153 Å². The van der Waals surface area contributed by atoms with Gasteiger partial charge < -0.3 is 24.2 Å². The summed E-state index contributed by atoms with van der Waals surface area (Å²) in [5.74, 6) is 2.11. The Kier molecular flexibility index (Phi) is 5.35. The second-order valence-electron chi connectivity index (χ2n) is 6.34. The van der Waals surface area contributed by atoms with Crippen LogP contribution in [-0.2, 0) is 6.42 Å². The molecule has 1 fully saturated rings. The van der Waals surface area contributed by atoms with Crippen LogP contribution in [0.5, 0.6) is 11.5 Å². The van der Waals surface area contributed by atoms with Gasteiger partial charge in [0.25, 0.3) is 0 Å². The Morgan fingerprint density at radius 2 is 2.00 bits per heavy atom. The lowest BCUT2D eigenvalue weighted by Gasteiger charge is -2.25. The fraction of sp³-hybridized carbons (Fsp3) is 0.474. The molecule has 0 spiro atoms. The highest BCUT2D eigenvalue weighted by Gasteiger charge is 2.34. The van der Waals surface area contributed by atoms with E-state index in [0.29, 0.717) is 23.7 Å². The van der Waals surface area contributed by atoms with Crippen LogP contribution in [0.3, 0.4) is 0 Å². The lowest BCUT2D eigenvalue weighted by atomic mass is 10.0. The van der Waals surface area contributed by atoms with Gasteiger partial charge in [-0.1, -0.05) is 12.1 Å². The van der Waals surface area contributed by atoms with Crippen molar-refractivity contribution in [1.82, 2.24) is 10.1 Å². The molecule has 1 aliphatic rings. The summed E-state index contributed by atoms with van der Waals surface area (Å²) in [6, 6.07) is 5.15. The molecular formula is C19H25N3O4. The van der Waals surface area contributed by atoms with E-state index in [2.05, 4.69) is 10.5 Å². The van der Waals surface area contributed by atoms with Gasteiger partial charge in [0, 0.05) is 42.4 Å². The highest BCUT2D eigenvalue weighted by atomic mass is 16.5. The zero-order valence-corrected chi connectivity index (χ0v) is 15.7. The summed E-state index contributed by atoms with van der Waals surface area (Å²) in [5, 5.41) is 7.05. The highest BCUT2D eigenvalue weighted by Crippen LogP contribution is 2.36. The summed E-state index contributed by atoms with van der Waals surface area (Å²) in [6.45, 7) is 4.66. The number of hydrogen-bond donors (Lipinski definition) is 1. The molecule has 2 heterocycles. The minimum Gasteiger partial charge on any atom is -0.497 e. The number of methoxy groups -OCH3 is 2. The van der Waals surface area contributed by atoms with Crippen LogP contribution < -0.4 is 14.8 Å². The molecule has 1 aromatic heterocycles. The van der Waals surface area contributed by atoms with Crippen molar-refractivity contribution >= 4 is 11.7 Å². The Bertz CT molecular complexity index is 765. The molecule has 0 saturated carbocycles. The van der Waals surface area contributed by atoms with Crippen LogP contribution >= 0.6 is 0 Å². The molecule has 0 radical (unpaired) electrons. The first-order chi connectivity index (χ1) is 12.6. The molecule has 26 heavy (non-hydrogen) atoms. The topological polar surface area (TPSA) is 76.8 Å². The number of benzene rings is 1. The summed E-state index contributed by atoms with van der Waals surface area (Å²) in [6.07, 6.45) is 2.62.